The van der Waals surface area contributed by atoms with Gasteiger partial charge in [0, 0.05) is 27.1 Å². The zero-order chi connectivity index (χ0) is 38.5. The molecule has 8 aromatic rings. The summed E-state index contributed by atoms with van der Waals surface area (Å²) in [7, 11) is 0. The molecule has 0 spiro atoms. The second-order valence-corrected chi connectivity index (χ2v) is 16.0. The Labute approximate surface area is 308 Å². The van der Waals surface area contributed by atoms with Crippen LogP contribution in [-0.4, -0.2) is 14.1 Å². The summed E-state index contributed by atoms with van der Waals surface area (Å²) in [6.45, 7) is 12.7. The molecule has 3 nitrogen and oxygen atoms in total. The van der Waals surface area contributed by atoms with Crippen LogP contribution in [0.4, 0.5) is 26.3 Å². The minimum Gasteiger partial charge on any atom is -0.307 e. The van der Waals surface area contributed by atoms with Crippen molar-refractivity contribution in [3.8, 4) is 22.6 Å². The molecule has 5 aromatic carbocycles. The topological polar surface area (TPSA) is 22.8 Å². The van der Waals surface area contributed by atoms with Crippen LogP contribution in [0.15, 0.2) is 115 Å². The van der Waals surface area contributed by atoms with E-state index in [-0.39, 0.29) is 28.0 Å². The third-order valence-electron chi connectivity index (χ3n) is 10.3. The van der Waals surface area contributed by atoms with Crippen LogP contribution in [0.25, 0.3) is 66.2 Å². The van der Waals surface area contributed by atoms with Crippen LogP contribution in [-0.2, 0) is 23.2 Å². The van der Waals surface area contributed by atoms with Gasteiger partial charge in [0.25, 0.3) is 0 Å². The van der Waals surface area contributed by atoms with Crippen molar-refractivity contribution in [1.82, 2.24) is 14.1 Å². The molecule has 0 aliphatic carbocycles. The van der Waals surface area contributed by atoms with Gasteiger partial charge in [-0.3, -0.25) is 4.57 Å². The first-order valence-electron chi connectivity index (χ1n) is 17.7. The Morgan fingerprint density at radius 3 is 1.37 bits per heavy atom. The normalized spacial score (nSPS) is 13.2. The molecular formula is C45H37F6N3. The second-order valence-electron chi connectivity index (χ2n) is 16.0. The molecule has 3 heterocycles. The summed E-state index contributed by atoms with van der Waals surface area (Å²) in [5, 5.41) is 3.71. The van der Waals surface area contributed by atoms with Crippen LogP contribution >= 0.6 is 0 Å². The van der Waals surface area contributed by atoms with Gasteiger partial charge < -0.3 is 4.57 Å². The van der Waals surface area contributed by atoms with Crippen molar-refractivity contribution in [2.24, 2.45) is 0 Å². The van der Waals surface area contributed by atoms with Gasteiger partial charge in [-0.2, -0.15) is 26.3 Å². The molecule has 0 bridgehead atoms. The Morgan fingerprint density at radius 2 is 0.889 bits per heavy atom. The lowest BCUT2D eigenvalue weighted by Gasteiger charge is -2.20. The molecule has 0 aliphatic rings. The molecule has 8 rings (SSSR count). The third kappa shape index (κ3) is 5.90. The summed E-state index contributed by atoms with van der Waals surface area (Å²) >= 11 is 0. The van der Waals surface area contributed by atoms with Gasteiger partial charge in [-0.1, -0.05) is 90.1 Å². The van der Waals surface area contributed by atoms with E-state index in [0.29, 0.717) is 11.5 Å². The molecule has 0 atom stereocenters. The predicted octanol–water partition coefficient (Wildman–Crippen LogP) is 13.6. The second kappa shape index (κ2) is 12.0. The number of pyridine rings is 1. The molecule has 9 heteroatoms. The van der Waals surface area contributed by atoms with E-state index in [0.717, 1.165) is 66.9 Å². The highest BCUT2D eigenvalue weighted by Crippen LogP contribution is 2.43. The summed E-state index contributed by atoms with van der Waals surface area (Å²) in [5.41, 5.74) is 2.48. The predicted molar refractivity (Wildman–Crippen MR) is 206 cm³/mol. The number of hydrogen-bond acceptors (Lipinski definition) is 1. The average Bonchev–Trinajstić information content (AvgIpc) is 3.62. The van der Waals surface area contributed by atoms with E-state index < -0.39 is 23.5 Å². The number of hydrogen-bond donors (Lipinski definition) is 0. The zero-order valence-corrected chi connectivity index (χ0v) is 30.6. The van der Waals surface area contributed by atoms with E-state index >= 15 is 0 Å². The Bertz CT molecular complexity index is 2730. The van der Waals surface area contributed by atoms with Crippen molar-refractivity contribution in [3.05, 3.63) is 138 Å². The SMILES string of the molecule is CC(C)(C)c1ccc2c(c1)c1ccccc1n2-c1cc(-c2cc(C(F)(F)F)cc(C(F)(F)F)c2)c(-n2c3ccccc3c3cc(C(C)(C)C)ccc32)cn1. The fourth-order valence-electron chi connectivity index (χ4n) is 7.46. The minimum atomic E-state index is -5.03. The smallest absolute Gasteiger partial charge is 0.307 e. The van der Waals surface area contributed by atoms with Crippen molar-refractivity contribution in [2.75, 3.05) is 0 Å². The van der Waals surface area contributed by atoms with Crippen molar-refractivity contribution in [2.45, 2.75) is 64.7 Å². The standard InChI is InChI=1S/C45H37F6N3/c1-42(2,3)27-15-17-38-34(22-27)31-11-7-9-13-36(31)53(38)40-25-52-41(24-33(40)26-19-29(44(46,47)48)21-30(20-26)45(49,50)51)54-37-14-10-8-12-32(37)35-23-28(43(4,5)6)16-18-39(35)54/h7-25H,1-6H3. The molecule has 0 amide bonds. The highest BCUT2D eigenvalue weighted by Gasteiger charge is 2.37. The largest absolute Gasteiger partial charge is 0.416 e. The number of halogens is 6. The van der Waals surface area contributed by atoms with Crippen LogP contribution in [0.1, 0.15) is 63.8 Å². The molecule has 0 saturated carbocycles. The third-order valence-corrected chi connectivity index (χ3v) is 10.3. The van der Waals surface area contributed by atoms with Gasteiger partial charge in [-0.05, 0) is 88.2 Å². The maximum absolute atomic E-state index is 14.4. The van der Waals surface area contributed by atoms with Gasteiger partial charge in [0.1, 0.15) is 5.82 Å². The Kier molecular flexibility index (Phi) is 7.86. The van der Waals surface area contributed by atoms with Gasteiger partial charge in [-0.25, -0.2) is 4.98 Å². The summed E-state index contributed by atoms with van der Waals surface area (Å²) in [4.78, 5) is 4.95. The fourth-order valence-corrected chi connectivity index (χ4v) is 7.46. The fraction of sp³-hybridized carbons (Fsp3) is 0.222. The first-order valence-corrected chi connectivity index (χ1v) is 17.7. The van der Waals surface area contributed by atoms with Crippen LogP contribution in [0, 0.1) is 0 Å². The maximum Gasteiger partial charge on any atom is 0.416 e. The van der Waals surface area contributed by atoms with E-state index in [2.05, 4.69) is 53.7 Å². The van der Waals surface area contributed by atoms with E-state index in [1.165, 1.54) is 0 Å². The first kappa shape index (κ1) is 35.5. The summed E-state index contributed by atoms with van der Waals surface area (Å²) in [6, 6.07) is 31.0. The van der Waals surface area contributed by atoms with Gasteiger partial charge >= 0.3 is 12.4 Å². The van der Waals surface area contributed by atoms with Crippen molar-refractivity contribution >= 4 is 43.6 Å². The number of alkyl halides is 6. The van der Waals surface area contributed by atoms with Crippen LogP contribution in [0.5, 0.6) is 0 Å². The molecule has 0 fully saturated rings. The summed E-state index contributed by atoms with van der Waals surface area (Å²) in [6.07, 6.45) is -8.49. The Hall–Kier alpha value is -5.57. The van der Waals surface area contributed by atoms with Crippen LogP contribution in [0.3, 0.4) is 0 Å². The lowest BCUT2D eigenvalue weighted by molar-refractivity contribution is -0.143. The molecule has 0 aliphatic heterocycles. The molecule has 0 unspecified atom stereocenters. The van der Waals surface area contributed by atoms with Crippen molar-refractivity contribution < 1.29 is 26.3 Å². The van der Waals surface area contributed by atoms with E-state index in [1.807, 2.05) is 81.9 Å². The number of nitrogens with zero attached hydrogens (tertiary/aromatic N) is 3. The van der Waals surface area contributed by atoms with E-state index in [4.69, 9.17) is 4.98 Å². The number of rotatable bonds is 3. The van der Waals surface area contributed by atoms with Crippen LogP contribution < -0.4 is 0 Å². The number of benzene rings is 5. The highest BCUT2D eigenvalue weighted by molar-refractivity contribution is 6.11. The van der Waals surface area contributed by atoms with Gasteiger partial charge in [-0.15, -0.1) is 0 Å². The zero-order valence-electron chi connectivity index (χ0n) is 30.6. The highest BCUT2D eigenvalue weighted by atomic mass is 19.4. The van der Waals surface area contributed by atoms with E-state index in [9.17, 15) is 26.3 Å². The molecular weight excluding hydrogens is 697 g/mol. The molecule has 0 saturated heterocycles. The lowest BCUT2D eigenvalue weighted by atomic mass is 9.86. The van der Waals surface area contributed by atoms with Gasteiger partial charge in [0.2, 0.25) is 0 Å². The van der Waals surface area contributed by atoms with Crippen molar-refractivity contribution in [1.29, 1.82) is 0 Å². The van der Waals surface area contributed by atoms with Gasteiger partial charge in [0.05, 0.1) is 45.1 Å². The maximum atomic E-state index is 14.4. The Morgan fingerprint density at radius 1 is 0.444 bits per heavy atom. The molecule has 274 valence electrons. The minimum absolute atomic E-state index is 0.139. The number of aromatic nitrogens is 3. The summed E-state index contributed by atoms with van der Waals surface area (Å²) in [5.74, 6) is 0.352. The Balaban J connectivity index is 1.49. The number of para-hydroxylation sites is 2. The lowest BCUT2D eigenvalue weighted by Crippen LogP contribution is -2.12. The quantitative estimate of drug-likeness (QED) is 0.166. The molecule has 3 aromatic heterocycles. The average molecular weight is 734 g/mol. The van der Waals surface area contributed by atoms with Gasteiger partial charge in [0.15, 0.2) is 0 Å². The summed E-state index contributed by atoms with van der Waals surface area (Å²) < 4.78 is 89.9. The molecule has 54 heavy (non-hydrogen) atoms. The van der Waals surface area contributed by atoms with Crippen molar-refractivity contribution in [3.63, 3.8) is 0 Å². The molecule has 0 radical (unpaired) electrons. The monoisotopic (exact) mass is 733 g/mol. The van der Waals surface area contributed by atoms with E-state index in [1.54, 1.807) is 12.3 Å². The number of fused-ring (bicyclic) bond motifs is 6. The molecule has 0 N–H and O–H groups in total. The first-order chi connectivity index (χ1) is 25.3. The van der Waals surface area contributed by atoms with Crippen LogP contribution in [0.2, 0.25) is 0 Å².